The average molecular weight is 284 g/mol. The summed E-state index contributed by atoms with van der Waals surface area (Å²) in [7, 11) is 0. The SMILES string of the molecule is N#CC1(c2cccc(Br)c2F)CCCOC1. The molecule has 1 aromatic carbocycles. The Kier molecular flexibility index (Phi) is 3.27. The fourth-order valence-electron chi connectivity index (χ4n) is 2.03. The van der Waals surface area contributed by atoms with Gasteiger partial charge in [0.1, 0.15) is 11.2 Å². The molecule has 1 aliphatic heterocycles. The van der Waals surface area contributed by atoms with Crippen molar-refractivity contribution in [3.05, 3.63) is 34.1 Å². The number of ether oxygens (including phenoxy) is 1. The minimum Gasteiger partial charge on any atom is -0.379 e. The lowest BCUT2D eigenvalue weighted by molar-refractivity contribution is 0.0549. The lowest BCUT2D eigenvalue weighted by atomic mass is 9.77. The van der Waals surface area contributed by atoms with Crippen LogP contribution in [0.1, 0.15) is 18.4 Å². The van der Waals surface area contributed by atoms with Crippen LogP contribution in [-0.2, 0) is 10.2 Å². The number of nitrogens with zero attached hydrogens (tertiary/aromatic N) is 1. The molecule has 0 aromatic heterocycles. The molecule has 1 saturated heterocycles. The molecule has 1 aromatic rings. The van der Waals surface area contributed by atoms with Gasteiger partial charge in [-0.2, -0.15) is 5.26 Å². The van der Waals surface area contributed by atoms with E-state index >= 15 is 0 Å². The maximum absolute atomic E-state index is 14.0. The molecule has 2 nitrogen and oxygen atoms in total. The van der Waals surface area contributed by atoms with E-state index in [0.29, 0.717) is 23.1 Å². The van der Waals surface area contributed by atoms with Crippen molar-refractivity contribution in [2.45, 2.75) is 18.3 Å². The molecule has 4 heteroatoms. The van der Waals surface area contributed by atoms with Crippen molar-refractivity contribution in [1.82, 2.24) is 0 Å². The van der Waals surface area contributed by atoms with E-state index in [-0.39, 0.29) is 12.4 Å². The topological polar surface area (TPSA) is 33.0 Å². The predicted octanol–water partition coefficient (Wildman–Crippen LogP) is 3.16. The van der Waals surface area contributed by atoms with Gasteiger partial charge >= 0.3 is 0 Å². The number of hydrogen-bond acceptors (Lipinski definition) is 2. The van der Waals surface area contributed by atoms with Gasteiger partial charge in [-0.3, -0.25) is 0 Å². The molecule has 0 bridgehead atoms. The molecule has 2 rings (SSSR count). The first-order valence-corrected chi connectivity index (χ1v) is 5.92. The molecule has 0 spiro atoms. The highest BCUT2D eigenvalue weighted by Crippen LogP contribution is 2.35. The second-order valence-corrected chi connectivity index (χ2v) is 4.81. The maximum atomic E-state index is 14.0. The smallest absolute Gasteiger partial charge is 0.142 e. The van der Waals surface area contributed by atoms with Crippen LogP contribution >= 0.6 is 15.9 Å². The third-order valence-electron chi connectivity index (χ3n) is 2.92. The molecule has 1 unspecified atom stereocenters. The van der Waals surface area contributed by atoms with Crippen LogP contribution in [0.4, 0.5) is 4.39 Å². The number of benzene rings is 1. The van der Waals surface area contributed by atoms with Crippen molar-refractivity contribution in [3.8, 4) is 6.07 Å². The lowest BCUT2D eigenvalue weighted by Gasteiger charge is -2.31. The Labute approximate surface area is 102 Å². The number of hydrogen-bond donors (Lipinski definition) is 0. The summed E-state index contributed by atoms with van der Waals surface area (Å²) < 4.78 is 19.7. The van der Waals surface area contributed by atoms with Gasteiger partial charge in [0.2, 0.25) is 0 Å². The lowest BCUT2D eigenvalue weighted by Crippen LogP contribution is -2.35. The van der Waals surface area contributed by atoms with E-state index in [9.17, 15) is 9.65 Å². The molecule has 0 N–H and O–H groups in total. The Hall–Kier alpha value is -0.920. The van der Waals surface area contributed by atoms with E-state index in [2.05, 4.69) is 22.0 Å². The molecule has 1 aliphatic rings. The Bertz CT molecular complexity index is 435. The van der Waals surface area contributed by atoms with Crippen molar-refractivity contribution < 1.29 is 9.13 Å². The largest absolute Gasteiger partial charge is 0.379 e. The monoisotopic (exact) mass is 283 g/mol. The van der Waals surface area contributed by atoms with Crippen LogP contribution in [0.3, 0.4) is 0 Å². The molecule has 1 heterocycles. The molecule has 1 atom stereocenters. The Morgan fingerprint density at radius 2 is 2.31 bits per heavy atom. The van der Waals surface area contributed by atoms with Gasteiger partial charge in [-0.15, -0.1) is 0 Å². The highest BCUT2D eigenvalue weighted by atomic mass is 79.9. The molecule has 0 aliphatic carbocycles. The van der Waals surface area contributed by atoms with Crippen molar-refractivity contribution >= 4 is 15.9 Å². The van der Waals surface area contributed by atoms with Gasteiger partial charge in [0.15, 0.2) is 0 Å². The van der Waals surface area contributed by atoms with Gasteiger partial charge in [0.25, 0.3) is 0 Å². The summed E-state index contributed by atoms with van der Waals surface area (Å²) in [5, 5.41) is 9.30. The van der Waals surface area contributed by atoms with Crippen LogP contribution in [0.15, 0.2) is 22.7 Å². The molecule has 84 valence electrons. The zero-order chi connectivity index (χ0) is 11.6. The van der Waals surface area contributed by atoms with Crippen molar-refractivity contribution in [2.24, 2.45) is 0 Å². The first-order valence-electron chi connectivity index (χ1n) is 5.13. The predicted molar refractivity (Wildman–Crippen MR) is 61.4 cm³/mol. The number of halogens is 2. The van der Waals surface area contributed by atoms with E-state index in [1.807, 2.05) is 0 Å². The zero-order valence-corrected chi connectivity index (χ0v) is 10.3. The van der Waals surface area contributed by atoms with Gasteiger partial charge in [0, 0.05) is 12.2 Å². The summed E-state index contributed by atoms with van der Waals surface area (Å²) in [6.07, 6.45) is 1.44. The summed E-state index contributed by atoms with van der Waals surface area (Å²) in [4.78, 5) is 0. The third kappa shape index (κ3) is 1.85. The first-order chi connectivity index (χ1) is 7.69. The first kappa shape index (κ1) is 11.6. The Morgan fingerprint density at radius 1 is 1.50 bits per heavy atom. The summed E-state index contributed by atoms with van der Waals surface area (Å²) in [5.41, 5.74) is -0.393. The summed E-state index contributed by atoms with van der Waals surface area (Å²) in [5.74, 6) is -0.352. The van der Waals surface area contributed by atoms with Crippen molar-refractivity contribution in [3.63, 3.8) is 0 Å². The number of nitriles is 1. The number of rotatable bonds is 1. The summed E-state index contributed by atoms with van der Waals surface area (Å²) in [6, 6.07) is 7.26. The molecular weight excluding hydrogens is 273 g/mol. The quantitative estimate of drug-likeness (QED) is 0.793. The van der Waals surface area contributed by atoms with Crippen LogP contribution in [0.2, 0.25) is 0 Å². The normalized spacial score (nSPS) is 25.1. The van der Waals surface area contributed by atoms with Gasteiger partial charge in [0.05, 0.1) is 17.1 Å². The zero-order valence-electron chi connectivity index (χ0n) is 8.67. The highest BCUT2D eigenvalue weighted by molar-refractivity contribution is 9.10. The second kappa shape index (κ2) is 4.52. The van der Waals surface area contributed by atoms with E-state index in [1.165, 1.54) is 0 Å². The second-order valence-electron chi connectivity index (χ2n) is 3.95. The van der Waals surface area contributed by atoms with Crippen LogP contribution in [0, 0.1) is 17.1 Å². The van der Waals surface area contributed by atoms with Gasteiger partial charge in [-0.05, 0) is 34.8 Å². The Morgan fingerprint density at radius 3 is 2.94 bits per heavy atom. The summed E-state index contributed by atoms with van der Waals surface area (Å²) in [6.45, 7) is 0.927. The molecule has 0 saturated carbocycles. The average Bonchev–Trinajstić information content (AvgIpc) is 2.33. The molecule has 1 fully saturated rings. The molecule has 16 heavy (non-hydrogen) atoms. The minimum atomic E-state index is -0.827. The van der Waals surface area contributed by atoms with E-state index in [4.69, 9.17) is 4.74 Å². The van der Waals surface area contributed by atoms with Crippen LogP contribution in [-0.4, -0.2) is 13.2 Å². The van der Waals surface area contributed by atoms with Gasteiger partial charge < -0.3 is 4.74 Å². The van der Waals surface area contributed by atoms with Gasteiger partial charge in [-0.25, -0.2) is 4.39 Å². The van der Waals surface area contributed by atoms with Crippen molar-refractivity contribution in [2.75, 3.05) is 13.2 Å². The molecule has 0 amide bonds. The fraction of sp³-hybridized carbons (Fsp3) is 0.417. The van der Waals surface area contributed by atoms with Crippen LogP contribution < -0.4 is 0 Å². The molecule has 0 radical (unpaired) electrons. The van der Waals surface area contributed by atoms with Crippen LogP contribution in [0.25, 0.3) is 0 Å². The fourth-order valence-corrected chi connectivity index (χ4v) is 2.39. The molecular formula is C12H11BrFNO. The van der Waals surface area contributed by atoms with Crippen LogP contribution in [0.5, 0.6) is 0 Å². The van der Waals surface area contributed by atoms with E-state index in [1.54, 1.807) is 18.2 Å². The van der Waals surface area contributed by atoms with Gasteiger partial charge in [-0.1, -0.05) is 12.1 Å². The Balaban J connectivity index is 2.48. The standard InChI is InChI=1S/C12H11BrFNO/c13-10-4-1-3-9(11(10)14)12(7-15)5-2-6-16-8-12/h1,3-4H,2,5-6,8H2. The minimum absolute atomic E-state index is 0.275. The third-order valence-corrected chi connectivity index (χ3v) is 3.53. The summed E-state index contributed by atoms with van der Waals surface area (Å²) >= 11 is 3.14. The van der Waals surface area contributed by atoms with E-state index < -0.39 is 5.41 Å². The highest BCUT2D eigenvalue weighted by Gasteiger charge is 2.37. The van der Waals surface area contributed by atoms with E-state index in [0.717, 1.165) is 6.42 Å². The maximum Gasteiger partial charge on any atom is 0.142 e. The van der Waals surface area contributed by atoms with Crippen molar-refractivity contribution in [1.29, 1.82) is 5.26 Å².